The van der Waals surface area contributed by atoms with Crippen molar-refractivity contribution in [2.24, 2.45) is 0 Å². The van der Waals surface area contributed by atoms with E-state index in [0.29, 0.717) is 11.1 Å². The number of aromatic amines is 1. The van der Waals surface area contributed by atoms with Crippen LogP contribution in [-0.4, -0.2) is 32.2 Å². The van der Waals surface area contributed by atoms with Gasteiger partial charge in [-0.15, -0.1) is 0 Å². The number of aromatic nitrogens is 2. The Balaban J connectivity index is 1.39. The summed E-state index contributed by atoms with van der Waals surface area (Å²) < 4.78 is 21.0. The normalized spacial score (nSPS) is 24.6. The van der Waals surface area contributed by atoms with Gasteiger partial charge in [0.15, 0.2) is 0 Å². The molecule has 1 N–H and O–H groups in total. The van der Waals surface area contributed by atoms with Crippen LogP contribution in [0, 0.1) is 17.1 Å². The Hall–Kier alpha value is -3.60. The Morgan fingerprint density at radius 2 is 1.73 bits per heavy atom. The molecule has 0 unspecified atom stereocenters. The number of benzene rings is 2. The van der Waals surface area contributed by atoms with Crippen LogP contribution in [0.25, 0.3) is 11.0 Å². The molecule has 1 saturated carbocycles. The van der Waals surface area contributed by atoms with E-state index in [4.69, 9.17) is 10.00 Å². The number of carbonyl (C=O) groups is 1. The van der Waals surface area contributed by atoms with Gasteiger partial charge in [-0.2, -0.15) is 5.26 Å². The van der Waals surface area contributed by atoms with Gasteiger partial charge in [-0.25, -0.2) is 14.0 Å². The maximum atomic E-state index is 13.5. The number of carbonyl (C=O) groups excluding carboxylic acids is 1. The smallest absolute Gasteiger partial charge is 0.411 e. The average molecular weight is 448 g/mol. The lowest BCUT2D eigenvalue weighted by Crippen LogP contribution is -2.43. The fourth-order valence-electron chi connectivity index (χ4n) is 5.50. The maximum absolute atomic E-state index is 13.5. The van der Waals surface area contributed by atoms with Gasteiger partial charge in [0.1, 0.15) is 11.4 Å². The number of hydrogen-bond acceptors (Lipinski definition) is 4. The topological polar surface area (TPSA) is 91.1 Å². The first kappa shape index (κ1) is 21.3. The predicted octanol–water partition coefficient (Wildman–Crippen LogP) is 4.80. The minimum atomic E-state index is -0.738. The molecular weight excluding hydrogens is 423 g/mol. The highest BCUT2D eigenvalue weighted by atomic mass is 19.1. The number of amides is 1. The summed E-state index contributed by atoms with van der Waals surface area (Å²) in [5, 5.41) is 9.12. The Morgan fingerprint density at radius 1 is 1.06 bits per heavy atom. The average Bonchev–Trinajstić information content (AvgIpc) is 3.24. The molecule has 3 aromatic rings. The minimum Gasteiger partial charge on any atom is -0.441 e. The van der Waals surface area contributed by atoms with Crippen LogP contribution in [0.15, 0.2) is 47.3 Å². The second kappa shape index (κ2) is 7.77. The van der Waals surface area contributed by atoms with Gasteiger partial charge in [-0.1, -0.05) is 12.1 Å². The molecule has 33 heavy (non-hydrogen) atoms. The van der Waals surface area contributed by atoms with E-state index in [1.54, 1.807) is 33.7 Å². The molecule has 2 aliphatic rings. The largest absolute Gasteiger partial charge is 0.441 e. The Bertz CT molecular complexity index is 1310. The Kier molecular flexibility index (Phi) is 5.00. The van der Waals surface area contributed by atoms with Crippen LogP contribution in [0.5, 0.6) is 0 Å². The molecule has 1 aromatic heterocycles. The number of ether oxygens (including phenoxy) is 1. The van der Waals surface area contributed by atoms with Crippen molar-refractivity contribution in [3.8, 4) is 6.07 Å². The molecule has 5 rings (SSSR count). The summed E-state index contributed by atoms with van der Waals surface area (Å²) in [6.45, 7) is 3.76. The summed E-state index contributed by atoms with van der Waals surface area (Å²) in [7, 11) is 0. The minimum absolute atomic E-state index is 0.00587. The number of nitrogens with zero attached hydrogens (tertiary/aromatic N) is 3. The number of hydrogen-bond donors (Lipinski definition) is 1. The zero-order valence-electron chi connectivity index (χ0n) is 18.5. The van der Waals surface area contributed by atoms with Crippen molar-refractivity contribution in [1.29, 1.82) is 5.26 Å². The highest BCUT2D eigenvalue weighted by Gasteiger charge is 2.51. The second-order valence-corrected chi connectivity index (χ2v) is 9.44. The number of fused-ring (bicyclic) bond motifs is 1. The van der Waals surface area contributed by atoms with Crippen LogP contribution in [0.4, 0.5) is 9.18 Å². The summed E-state index contributed by atoms with van der Waals surface area (Å²) in [6.07, 6.45) is 2.56. The molecular formula is C25H25FN4O3. The quantitative estimate of drug-likeness (QED) is 0.623. The number of imidazole rings is 1. The monoisotopic (exact) mass is 448 g/mol. The van der Waals surface area contributed by atoms with Crippen LogP contribution in [0.1, 0.15) is 62.7 Å². The molecule has 1 atom stereocenters. The van der Waals surface area contributed by atoms with E-state index in [0.717, 1.165) is 36.8 Å². The first-order valence-corrected chi connectivity index (χ1v) is 11.2. The van der Waals surface area contributed by atoms with E-state index < -0.39 is 5.60 Å². The lowest BCUT2D eigenvalue weighted by molar-refractivity contribution is 0.0662. The fourth-order valence-corrected chi connectivity index (χ4v) is 5.50. The first-order chi connectivity index (χ1) is 15.8. The molecule has 2 fully saturated rings. The molecule has 0 bridgehead atoms. The van der Waals surface area contributed by atoms with Crippen LogP contribution in [0.2, 0.25) is 0 Å². The second-order valence-electron chi connectivity index (χ2n) is 9.44. The maximum Gasteiger partial charge on any atom is 0.411 e. The summed E-state index contributed by atoms with van der Waals surface area (Å²) in [6, 6.07) is 13.2. The lowest BCUT2D eigenvalue weighted by atomic mass is 9.86. The molecule has 8 heteroatoms. The van der Waals surface area contributed by atoms with Crippen LogP contribution >= 0.6 is 0 Å². The van der Waals surface area contributed by atoms with Gasteiger partial charge in [0, 0.05) is 12.1 Å². The number of nitriles is 1. The van der Waals surface area contributed by atoms with E-state index >= 15 is 0 Å². The number of cyclic esters (lactones) is 1. The highest BCUT2D eigenvalue weighted by molar-refractivity contribution is 5.77. The lowest BCUT2D eigenvalue weighted by Gasteiger charge is -2.38. The summed E-state index contributed by atoms with van der Waals surface area (Å²) in [4.78, 5) is 30.2. The van der Waals surface area contributed by atoms with Gasteiger partial charge < -0.3 is 9.72 Å². The zero-order chi connectivity index (χ0) is 23.3. The molecule has 7 nitrogen and oxygen atoms in total. The molecule has 1 amide bonds. The summed E-state index contributed by atoms with van der Waals surface area (Å²) >= 11 is 0. The van der Waals surface area contributed by atoms with E-state index in [1.807, 2.05) is 19.9 Å². The van der Waals surface area contributed by atoms with Gasteiger partial charge in [-0.3, -0.25) is 9.47 Å². The van der Waals surface area contributed by atoms with Gasteiger partial charge in [0.05, 0.1) is 28.7 Å². The van der Waals surface area contributed by atoms with Crippen molar-refractivity contribution >= 4 is 17.1 Å². The third-order valence-electron chi connectivity index (χ3n) is 6.95. The molecule has 0 radical (unpaired) electrons. The van der Waals surface area contributed by atoms with Crippen molar-refractivity contribution < 1.29 is 13.9 Å². The molecule has 1 aliphatic heterocycles. The molecule has 2 heterocycles. The van der Waals surface area contributed by atoms with Crippen molar-refractivity contribution in [2.75, 3.05) is 0 Å². The fraction of sp³-hybridized carbons (Fsp3) is 0.400. The van der Waals surface area contributed by atoms with Crippen molar-refractivity contribution in [1.82, 2.24) is 14.5 Å². The standard InChI is InChI=1S/C25H25FN4O3/c1-25(2)22(16-4-6-17(26)7-5-16)30(24(32)33-25)19-10-8-18(9-11-19)29-21-12-3-15(14-27)13-20(21)28-23(29)31/h3-7,12-13,18-19,22H,8-11H2,1-2H3,(H,28,31)/t18-,19-,22-/m0/s1. The van der Waals surface area contributed by atoms with Gasteiger partial charge in [-0.05, 0) is 75.4 Å². The van der Waals surface area contributed by atoms with Crippen LogP contribution in [0.3, 0.4) is 0 Å². The number of nitrogens with one attached hydrogen (secondary N) is 1. The third-order valence-corrected chi connectivity index (χ3v) is 6.95. The van der Waals surface area contributed by atoms with E-state index in [9.17, 15) is 14.0 Å². The predicted molar refractivity (Wildman–Crippen MR) is 120 cm³/mol. The van der Waals surface area contributed by atoms with Crippen molar-refractivity contribution in [2.45, 2.75) is 63.3 Å². The number of rotatable bonds is 3. The molecule has 2 aromatic carbocycles. The van der Waals surface area contributed by atoms with Crippen LogP contribution in [-0.2, 0) is 4.74 Å². The first-order valence-electron chi connectivity index (χ1n) is 11.2. The number of halogens is 1. The SMILES string of the molecule is CC1(C)OC(=O)N([C@H]2CC[C@H](n3c(=O)[nH]c4cc(C#N)ccc43)CC2)[C@H]1c1ccc(F)cc1. The third kappa shape index (κ3) is 3.58. The van der Waals surface area contributed by atoms with Gasteiger partial charge in [0.25, 0.3) is 0 Å². The molecule has 0 spiro atoms. The molecule has 170 valence electrons. The van der Waals surface area contributed by atoms with Crippen molar-refractivity contribution in [3.05, 3.63) is 69.9 Å². The zero-order valence-corrected chi connectivity index (χ0v) is 18.5. The van der Waals surface area contributed by atoms with E-state index in [1.165, 1.54) is 12.1 Å². The highest BCUT2D eigenvalue weighted by Crippen LogP contribution is 2.45. The van der Waals surface area contributed by atoms with E-state index in [-0.39, 0.29) is 35.7 Å². The Labute approximate surface area is 190 Å². The molecule has 1 saturated heterocycles. The van der Waals surface area contributed by atoms with Crippen LogP contribution < -0.4 is 5.69 Å². The van der Waals surface area contributed by atoms with Crippen molar-refractivity contribution in [3.63, 3.8) is 0 Å². The Morgan fingerprint density at radius 3 is 2.39 bits per heavy atom. The van der Waals surface area contributed by atoms with Gasteiger partial charge >= 0.3 is 11.8 Å². The molecule has 1 aliphatic carbocycles. The van der Waals surface area contributed by atoms with E-state index in [2.05, 4.69) is 11.1 Å². The number of H-pyrrole nitrogens is 1. The summed E-state index contributed by atoms with van der Waals surface area (Å²) in [5.41, 5.74) is 1.86. The summed E-state index contributed by atoms with van der Waals surface area (Å²) in [5.74, 6) is -0.320. The van der Waals surface area contributed by atoms with Gasteiger partial charge in [0.2, 0.25) is 0 Å².